The maximum absolute atomic E-state index is 13.2. The molecule has 2 amide bonds. The van der Waals surface area contributed by atoms with Crippen LogP contribution in [0.2, 0.25) is 0 Å². The second kappa shape index (κ2) is 15.9. The summed E-state index contributed by atoms with van der Waals surface area (Å²) in [5.41, 5.74) is 1.63. The van der Waals surface area contributed by atoms with E-state index in [4.69, 9.17) is 9.47 Å². The number of carbonyl (C=O) groups excluding carboxylic acids is 4. The number of nitrogens with zero attached hydrogens (tertiary/aromatic N) is 1. The Labute approximate surface area is 218 Å². The normalized spacial score (nSPS) is 13.6. The van der Waals surface area contributed by atoms with Gasteiger partial charge in [0, 0.05) is 38.8 Å². The number of methoxy groups -OCH3 is 1. The number of aromatic nitrogens is 2. The molecule has 0 fully saturated rings. The van der Waals surface area contributed by atoms with E-state index in [0.717, 1.165) is 11.0 Å². The van der Waals surface area contributed by atoms with Crippen LogP contribution in [0.15, 0.2) is 24.3 Å². The van der Waals surface area contributed by atoms with Gasteiger partial charge < -0.3 is 29.9 Å². The number of amides is 2. The van der Waals surface area contributed by atoms with Crippen LogP contribution in [0.25, 0.3) is 11.0 Å². The number of para-hydroxylation sites is 2. The zero-order valence-electron chi connectivity index (χ0n) is 22.3. The number of ketones is 2. The lowest BCUT2D eigenvalue weighted by molar-refractivity contribution is -0.134. The molecule has 0 radical (unpaired) electrons. The highest BCUT2D eigenvalue weighted by Gasteiger charge is 2.29. The first-order chi connectivity index (χ1) is 17.8. The molecule has 1 aromatic carbocycles. The molecule has 10 nitrogen and oxygen atoms in total. The molecule has 37 heavy (non-hydrogen) atoms. The molecule has 0 aliphatic heterocycles. The molecule has 3 N–H and O–H groups in total. The predicted octanol–water partition coefficient (Wildman–Crippen LogP) is 2.36. The van der Waals surface area contributed by atoms with Crippen molar-refractivity contribution in [3.63, 3.8) is 0 Å². The van der Waals surface area contributed by atoms with Gasteiger partial charge in [-0.1, -0.05) is 26.0 Å². The topological polar surface area (TPSA) is 139 Å². The van der Waals surface area contributed by atoms with Crippen molar-refractivity contribution in [2.45, 2.75) is 58.9 Å². The fourth-order valence-electron chi connectivity index (χ4n) is 4.08. The zero-order valence-corrected chi connectivity index (χ0v) is 22.3. The van der Waals surface area contributed by atoms with E-state index < -0.39 is 17.9 Å². The SMILES string of the molecule is CC[C@H](CC(C)=O)C(=O)N[C@H](CC)C(=O)C[C@@H](Cc1nc2ccccc2[nH]1)C(=O)NCCOCCOC. The fraction of sp³-hybridized carbons (Fsp3) is 0.593. The van der Waals surface area contributed by atoms with E-state index >= 15 is 0 Å². The van der Waals surface area contributed by atoms with Crippen molar-refractivity contribution in [2.24, 2.45) is 11.8 Å². The third-order valence-corrected chi connectivity index (χ3v) is 6.18. The molecule has 2 aromatic rings. The van der Waals surface area contributed by atoms with E-state index in [0.29, 0.717) is 45.0 Å². The molecule has 10 heteroatoms. The minimum atomic E-state index is -0.739. The maximum Gasteiger partial charge on any atom is 0.224 e. The number of ether oxygens (including phenoxy) is 2. The van der Waals surface area contributed by atoms with E-state index in [1.54, 1.807) is 14.0 Å². The second-order valence-corrected chi connectivity index (χ2v) is 9.15. The number of aromatic amines is 1. The number of imidazole rings is 1. The van der Waals surface area contributed by atoms with Gasteiger partial charge in [-0.05, 0) is 31.9 Å². The summed E-state index contributed by atoms with van der Waals surface area (Å²) in [4.78, 5) is 58.3. The van der Waals surface area contributed by atoms with Crippen molar-refractivity contribution < 1.29 is 28.7 Å². The van der Waals surface area contributed by atoms with Gasteiger partial charge in [0.05, 0.1) is 42.8 Å². The molecule has 0 saturated heterocycles. The summed E-state index contributed by atoms with van der Waals surface area (Å²) in [6.45, 7) is 6.60. The quantitative estimate of drug-likeness (QED) is 0.258. The van der Waals surface area contributed by atoms with Crippen LogP contribution in [0.4, 0.5) is 0 Å². The Kier molecular flexibility index (Phi) is 12.9. The molecule has 1 aromatic heterocycles. The summed E-state index contributed by atoms with van der Waals surface area (Å²) in [6, 6.07) is 6.81. The van der Waals surface area contributed by atoms with Gasteiger partial charge in [0.2, 0.25) is 11.8 Å². The summed E-state index contributed by atoms with van der Waals surface area (Å²) in [7, 11) is 1.59. The molecule has 0 bridgehead atoms. The van der Waals surface area contributed by atoms with Crippen LogP contribution in [-0.2, 0) is 35.1 Å². The lowest BCUT2D eigenvalue weighted by Crippen LogP contribution is -2.45. The third-order valence-electron chi connectivity index (χ3n) is 6.18. The lowest BCUT2D eigenvalue weighted by atomic mass is 9.92. The smallest absolute Gasteiger partial charge is 0.224 e. The van der Waals surface area contributed by atoms with Gasteiger partial charge in [-0.2, -0.15) is 0 Å². The van der Waals surface area contributed by atoms with Crippen LogP contribution in [0.5, 0.6) is 0 Å². The van der Waals surface area contributed by atoms with Gasteiger partial charge in [-0.25, -0.2) is 4.98 Å². The molecule has 1 heterocycles. The van der Waals surface area contributed by atoms with E-state index in [1.165, 1.54) is 6.92 Å². The van der Waals surface area contributed by atoms with Crippen molar-refractivity contribution in [1.29, 1.82) is 0 Å². The van der Waals surface area contributed by atoms with E-state index in [1.807, 2.05) is 31.2 Å². The molecule has 0 aliphatic rings. The largest absolute Gasteiger partial charge is 0.382 e. The monoisotopic (exact) mass is 516 g/mol. The zero-order chi connectivity index (χ0) is 27.2. The molecule has 0 unspecified atom stereocenters. The lowest BCUT2D eigenvalue weighted by Gasteiger charge is -2.22. The first-order valence-electron chi connectivity index (χ1n) is 12.9. The number of rotatable bonds is 18. The minimum Gasteiger partial charge on any atom is -0.382 e. The standard InChI is InChI=1S/C27H40N4O6/c1-5-19(15-18(3)32)27(35)31-21(6-2)24(33)16-20(26(34)28-11-12-37-14-13-36-4)17-25-29-22-9-7-8-10-23(22)30-25/h7-10,19-21H,5-6,11-17H2,1-4H3,(H,28,34)(H,29,30)(H,31,35)/t19-,20+,21-/m1/s1. The minimum absolute atomic E-state index is 0.0598. The number of H-pyrrole nitrogens is 1. The Bertz CT molecular complexity index is 1000. The van der Waals surface area contributed by atoms with Crippen LogP contribution in [0.3, 0.4) is 0 Å². The Balaban J connectivity index is 2.09. The third kappa shape index (κ3) is 10.0. The van der Waals surface area contributed by atoms with Gasteiger partial charge in [0.15, 0.2) is 5.78 Å². The van der Waals surface area contributed by atoms with E-state index in [-0.39, 0.29) is 42.6 Å². The van der Waals surface area contributed by atoms with Gasteiger partial charge in [-0.3, -0.25) is 14.4 Å². The Morgan fingerprint density at radius 2 is 1.73 bits per heavy atom. The van der Waals surface area contributed by atoms with Gasteiger partial charge in [0.1, 0.15) is 11.6 Å². The summed E-state index contributed by atoms with van der Waals surface area (Å²) in [5.74, 6) is -1.46. The molecule has 2 rings (SSSR count). The molecular weight excluding hydrogens is 476 g/mol. The molecule has 0 spiro atoms. The van der Waals surface area contributed by atoms with E-state index in [9.17, 15) is 19.2 Å². The summed E-state index contributed by atoms with van der Waals surface area (Å²) < 4.78 is 10.3. The van der Waals surface area contributed by atoms with Gasteiger partial charge in [0.25, 0.3) is 0 Å². The molecular formula is C27H40N4O6. The van der Waals surface area contributed by atoms with Crippen molar-refractivity contribution >= 4 is 34.4 Å². The van der Waals surface area contributed by atoms with Crippen LogP contribution >= 0.6 is 0 Å². The van der Waals surface area contributed by atoms with Gasteiger partial charge in [-0.15, -0.1) is 0 Å². The number of fused-ring (bicyclic) bond motifs is 1. The Hall–Kier alpha value is -3.11. The highest BCUT2D eigenvalue weighted by molar-refractivity contribution is 5.93. The number of Topliss-reactive ketones (excluding diaryl/α,β-unsaturated/α-hetero) is 2. The first-order valence-corrected chi connectivity index (χ1v) is 12.9. The summed E-state index contributed by atoms with van der Waals surface area (Å²) in [6.07, 6.45) is 1.20. The fourth-order valence-corrected chi connectivity index (χ4v) is 4.08. The summed E-state index contributed by atoms with van der Waals surface area (Å²) in [5, 5.41) is 5.64. The Morgan fingerprint density at radius 3 is 2.38 bits per heavy atom. The van der Waals surface area contributed by atoms with Crippen LogP contribution in [-0.4, -0.2) is 72.9 Å². The number of carbonyl (C=O) groups is 4. The number of hydrogen-bond donors (Lipinski definition) is 3. The van der Waals surface area contributed by atoms with Crippen LogP contribution in [0.1, 0.15) is 52.3 Å². The van der Waals surface area contributed by atoms with Crippen LogP contribution < -0.4 is 10.6 Å². The molecule has 204 valence electrons. The molecule has 0 saturated carbocycles. The predicted molar refractivity (Wildman–Crippen MR) is 140 cm³/mol. The van der Waals surface area contributed by atoms with Gasteiger partial charge >= 0.3 is 0 Å². The Morgan fingerprint density at radius 1 is 0.973 bits per heavy atom. The molecule has 3 atom stereocenters. The molecule has 0 aliphatic carbocycles. The second-order valence-electron chi connectivity index (χ2n) is 9.15. The number of nitrogens with one attached hydrogen (secondary N) is 3. The van der Waals surface area contributed by atoms with Crippen molar-refractivity contribution in [2.75, 3.05) is 33.5 Å². The average molecular weight is 517 g/mol. The van der Waals surface area contributed by atoms with Crippen molar-refractivity contribution in [3.05, 3.63) is 30.1 Å². The van der Waals surface area contributed by atoms with Crippen LogP contribution in [0, 0.1) is 11.8 Å². The van der Waals surface area contributed by atoms with E-state index in [2.05, 4.69) is 20.6 Å². The highest BCUT2D eigenvalue weighted by atomic mass is 16.5. The van der Waals surface area contributed by atoms with Crippen molar-refractivity contribution in [1.82, 2.24) is 20.6 Å². The first kappa shape index (κ1) is 30.1. The number of hydrogen-bond acceptors (Lipinski definition) is 7. The highest BCUT2D eigenvalue weighted by Crippen LogP contribution is 2.18. The maximum atomic E-state index is 13.2. The summed E-state index contributed by atoms with van der Waals surface area (Å²) >= 11 is 0. The number of benzene rings is 1. The van der Waals surface area contributed by atoms with Crippen molar-refractivity contribution in [3.8, 4) is 0 Å². The average Bonchev–Trinajstić information content (AvgIpc) is 3.29.